The molecule has 1 heterocycles. The smallest absolute Gasteiger partial charge is 0.328 e. The van der Waals surface area contributed by atoms with Crippen molar-refractivity contribution >= 4 is 23.2 Å². The molecule has 0 spiro atoms. The van der Waals surface area contributed by atoms with E-state index >= 15 is 0 Å². The van der Waals surface area contributed by atoms with Crippen molar-refractivity contribution in [2.75, 3.05) is 13.7 Å². The number of ether oxygens (including phenoxy) is 1. The second-order valence-corrected chi connectivity index (χ2v) is 3.81. The third-order valence-corrected chi connectivity index (χ3v) is 2.73. The average molecular weight is 245 g/mol. The van der Waals surface area contributed by atoms with Gasteiger partial charge in [0.2, 0.25) is 0 Å². The second kappa shape index (κ2) is 5.47. The molecular weight excluding hydrogens is 234 g/mol. The van der Waals surface area contributed by atoms with E-state index in [0.717, 1.165) is 11.3 Å². The van der Waals surface area contributed by atoms with Gasteiger partial charge in [-0.15, -0.1) is 11.3 Å². The van der Waals surface area contributed by atoms with E-state index in [1.54, 1.807) is 5.38 Å². The first kappa shape index (κ1) is 12.5. The second-order valence-electron chi connectivity index (χ2n) is 2.90. The van der Waals surface area contributed by atoms with Crippen LogP contribution in [0.2, 0.25) is 0 Å². The summed E-state index contributed by atoms with van der Waals surface area (Å²) in [5.41, 5.74) is 0. The van der Waals surface area contributed by atoms with Gasteiger partial charge in [0.1, 0.15) is 5.75 Å². The van der Waals surface area contributed by atoms with Crippen LogP contribution < -0.4 is 10.1 Å². The van der Waals surface area contributed by atoms with Crippen LogP contribution in [0.25, 0.3) is 0 Å². The lowest BCUT2D eigenvalue weighted by atomic mass is 10.3. The van der Waals surface area contributed by atoms with E-state index in [1.165, 1.54) is 13.2 Å². The van der Waals surface area contributed by atoms with Gasteiger partial charge in [-0.1, -0.05) is 0 Å². The maximum atomic E-state index is 11.5. The van der Waals surface area contributed by atoms with Crippen LogP contribution in [0.4, 0.5) is 0 Å². The molecule has 1 amide bonds. The van der Waals surface area contributed by atoms with Crippen LogP contribution in [0.15, 0.2) is 11.4 Å². The number of aliphatic hydroxyl groups is 1. The van der Waals surface area contributed by atoms with Gasteiger partial charge < -0.3 is 20.3 Å². The van der Waals surface area contributed by atoms with Gasteiger partial charge in [-0.05, 0) is 0 Å². The van der Waals surface area contributed by atoms with E-state index in [-0.39, 0.29) is 0 Å². The number of amides is 1. The van der Waals surface area contributed by atoms with Crippen molar-refractivity contribution in [1.29, 1.82) is 0 Å². The van der Waals surface area contributed by atoms with Gasteiger partial charge in [-0.3, -0.25) is 4.79 Å². The zero-order valence-electron chi connectivity index (χ0n) is 8.47. The van der Waals surface area contributed by atoms with Gasteiger partial charge in [-0.2, -0.15) is 0 Å². The monoisotopic (exact) mass is 245 g/mol. The molecule has 1 atom stereocenters. The van der Waals surface area contributed by atoms with Crippen molar-refractivity contribution in [2.45, 2.75) is 6.04 Å². The Bertz CT molecular complexity index is 389. The van der Waals surface area contributed by atoms with Gasteiger partial charge in [0.15, 0.2) is 6.04 Å². The summed E-state index contributed by atoms with van der Waals surface area (Å²) in [4.78, 5) is 22.4. The van der Waals surface area contributed by atoms with Crippen LogP contribution in [0, 0.1) is 0 Å². The number of carboxylic acid groups (broad SMARTS) is 1. The molecule has 0 fully saturated rings. The highest BCUT2D eigenvalue weighted by Crippen LogP contribution is 2.20. The maximum Gasteiger partial charge on any atom is 0.328 e. The minimum Gasteiger partial charge on any atom is -0.496 e. The molecule has 0 radical (unpaired) electrons. The number of hydrogen-bond donors (Lipinski definition) is 3. The van der Waals surface area contributed by atoms with Gasteiger partial charge >= 0.3 is 5.97 Å². The fourth-order valence-corrected chi connectivity index (χ4v) is 1.72. The lowest BCUT2D eigenvalue weighted by molar-refractivity contribution is -0.140. The summed E-state index contributed by atoms with van der Waals surface area (Å²) in [7, 11) is 1.47. The lowest BCUT2D eigenvalue weighted by Crippen LogP contribution is -2.43. The van der Waals surface area contributed by atoms with E-state index < -0.39 is 24.5 Å². The number of carbonyl (C=O) groups is 2. The number of rotatable bonds is 5. The van der Waals surface area contributed by atoms with Crippen molar-refractivity contribution in [3.63, 3.8) is 0 Å². The largest absolute Gasteiger partial charge is 0.496 e. The molecule has 1 aromatic heterocycles. The predicted octanol–water partition coefficient (Wildman–Crippen LogP) is -0.0680. The number of aliphatic carboxylic acids is 1. The molecule has 88 valence electrons. The molecule has 7 heteroatoms. The first-order chi connectivity index (χ1) is 7.58. The highest BCUT2D eigenvalue weighted by molar-refractivity contribution is 7.12. The maximum absolute atomic E-state index is 11.5. The first-order valence-corrected chi connectivity index (χ1v) is 5.23. The van der Waals surface area contributed by atoms with Gasteiger partial charge in [-0.25, -0.2) is 4.79 Å². The molecule has 1 rings (SSSR count). The standard InChI is InChI=1S/C9H11NO5S/c1-15-5-2-7(16-4-5)8(12)10-6(3-11)9(13)14/h2,4,6,11H,3H2,1H3,(H,10,12)(H,13,14)/t6-/m1/s1. The Kier molecular flexibility index (Phi) is 4.27. The summed E-state index contributed by atoms with van der Waals surface area (Å²) in [6.07, 6.45) is 0. The number of aliphatic hydroxyl groups excluding tert-OH is 1. The number of methoxy groups -OCH3 is 1. The van der Waals surface area contributed by atoms with E-state index in [9.17, 15) is 9.59 Å². The number of carboxylic acids is 1. The minimum absolute atomic E-state index is 0.330. The van der Waals surface area contributed by atoms with Crippen molar-refractivity contribution in [2.24, 2.45) is 0 Å². The molecule has 0 aliphatic carbocycles. The first-order valence-electron chi connectivity index (χ1n) is 4.35. The summed E-state index contributed by atoms with van der Waals surface area (Å²) in [5.74, 6) is -1.29. The third kappa shape index (κ3) is 2.94. The van der Waals surface area contributed by atoms with Crippen molar-refractivity contribution in [1.82, 2.24) is 5.32 Å². The summed E-state index contributed by atoms with van der Waals surface area (Å²) in [6.45, 7) is -0.649. The highest BCUT2D eigenvalue weighted by Gasteiger charge is 2.20. The molecule has 0 aromatic carbocycles. The SMILES string of the molecule is COc1csc(C(=O)N[C@H](CO)C(=O)O)c1. The summed E-state index contributed by atoms with van der Waals surface area (Å²) in [5, 5.41) is 21.2. The van der Waals surface area contributed by atoms with Crippen LogP contribution in [0.1, 0.15) is 9.67 Å². The van der Waals surface area contributed by atoms with Gasteiger partial charge in [0, 0.05) is 11.4 Å². The van der Waals surface area contributed by atoms with E-state index in [4.69, 9.17) is 14.9 Å². The predicted molar refractivity (Wildman–Crippen MR) is 56.8 cm³/mol. The summed E-state index contributed by atoms with van der Waals surface area (Å²) < 4.78 is 4.89. The van der Waals surface area contributed by atoms with Crippen LogP contribution >= 0.6 is 11.3 Å². The third-order valence-electron chi connectivity index (χ3n) is 1.82. The van der Waals surface area contributed by atoms with Crippen molar-refractivity contribution < 1.29 is 24.5 Å². The summed E-state index contributed by atoms with van der Waals surface area (Å²) in [6, 6.07) is 0.205. The molecular formula is C9H11NO5S. The van der Waals surface area contributed by atoms with E-state index in [1.807, 2.05) is 0 Å². The topological polar surface area (TPSA) is 95.9 Å². The molecule has 1 aromatic rings. The molecule has 0 saturated carbocycles. The Morgan fingerprint density at radius 2 is 2.31 bits per heavy atom. The normalized spacial score (nSPS) is 11.9. The number of carbonyl (C=O) groups excluding carboxylic acids is 1. The average Bonchev–Trinajstić information content (AvgIpc) is 2.73. The van der Waals surface area contributed by atoms with Crippen molar-refractivity contribution in [3.05, 3.63) is 16.3 Å². The number of hydrogen-bond acceptors (Lipinski definition) is 5. The Morgan fingerprint density at radius 3 is 2.75 bits per heavy atom. The minimum atomic E-state index is -1.29. The van der Waals surface area contributed by atoms with Gasteiger partial charge in [0.05, 0.1) is 18.6 Å². The molecule has 0 unspecified atom stereocenters. The Morgan fingerprint density at radius 1 is 1.62 bits per heavy atom. The molecule has 16 heavy (non-hydrogen) atoms. The Balaban J connectivity index is 2.67. The van der Waals surface area contributed by atoms with Crippen LogP contribution in [0.5, 0.6) is 5.75 Å². The molecule has 0 aliphatic heterocycles. The fraction of sp³-hybridized carbons (Fsp3) is 0.333. The summed E-state index contributed by atoms with van der Waals surface area (Å²) >= 11 is 1.13. The number of thiophene rings is 1. The molecule has 6 nitrogen and oxygen atoms in total. The highest BCUT2D eigenvalue weighted by atomic mass is 32.1. The van der Waals surface area contributed by atoms with E-state index in [0.29, 0.717) is 10.6 Å². The molecule has 0 saturated heterocycles. The van der Waals surface area contributed by atoms with Gasteiger partial charge in [0.25, 0.3) is 5.91 Å². The quantitative estimate of drug-likeness (QED) is 0.675. The number of nitrogens with one attached hydrogen (secondary N) is 1. The van der Waals surface area contributed by atoms with Crippen LogP contribution in [-0.4, -0.2) is 41.8 Å². The molecule has 0 bridgehead atoms. The zero-order chi connectivity index (χ0) is 12.1. The van der Waals surface area contributed by atoms with Crippen LogP contribution in [-0.2, 0) is 4.79 Å². The zero-order valence-corrected chi connectivity index (χ0v) is 9.28. The van der Waals surface area contributed by atoms with Crippen LogP contribution in [0.3, 0.4) is 0 Å². The molecule has 3 N–H and O–H groups in total. The van der Waals surface area contributed by atoms with Crippen molar-refractivity contribution in [3.8, 4) is 5.75 Å². The molecule has 0 aliphatic rings. The lowest BCUT2D eigenvalue weighted by Gasteiger charge is -2.10. The Labute approximate surface area is 95.5 Å². The Hall–Kier alpha value is -1.60. The van der Waals surface area contributed by atoms with E-state index in [2.05, 4.69) is 5.32 Å². The fourth-order valence-electron chi connectivity index (χ4n) is 0.960.